The van der Waals surface area contributed by atoms with Crippen molar-refractivity contribution in [2.45, 2.75) is 29.8 Å². The molecule has 3 aromatic rings. The first-order valence-electron chi connectivity index (χ1n) is 10.2. The summed E-state index contributed by atoms with van der Waals surface area (Å²) >= 11 is 0. The molecule has 4 rings (SSSR count). The molecule has 1 fully saturated rings. The number of esters is 1. The number of anilines is 1. The fourth-order valence-electron chi connectivity index (χ4n) is 3.66. The number of ether oxygens (including phenoxy) is 1. The minimum Gasteiger partial charge on any atom is -0.465 e. The number of hydrogen-bond acceptors (Lipinski definition) is 4. The van der Waals surface area contributed by atoms with Gasteiger partial charge in [0.25, 0.3) is 10.0 Å². The van der Waals surface area contributed by atoms with Gasteiger partial charge in [0.2, 0.25) is 0 Å². The first-order valence-corrected chi connectivity index (χ1v) is 11.7. The van der Waals surface area contributed by atoms with Crippen molar-refractivity contribution in [3.63, 3.8) is 0 Å². The lowest BCUT2D eigenvalue weighted by Crippen LogP contribution is -2.17. The molecule has 0 unspecified atom stereocenters. The van der Waals surface area contributed by atoms with Crippen LogP contribution in [0.3, 0.4) is 0 Å². The van der Waals surface area contributed by atoms with E-state index >= 15 is 0 Å². The molecule has 34 heavy (non-hydrogen) atoms. The molecule has 0 amide bonds. The summed E-state index contributed by atoms with van der Waals surface area (Å²) in [4.78, 5) is 11.8. The molecule has 3 aromatic carbocycles. The molecule has 5 nitrogen and oxygen atoms in total. The van der Waals surface area contributed by atoms with E-state index in [4.69, 9.17) is 0 Å². The molecule has 0 aromatic heterocycles. The lowest BCUT2D eigenvalue weighted by molar-refractivity contribution is -0.137. The van der Waals surface area contributed by atoms with Crippen LogP contribution in [0.25, 0.3) is 11.1 Å². The Morgan fingerprint density at radius 3 is 2.38 bits per heavy atom. The molecule has 178 valence electrons. The molecule has 0 heterocycles. The van der Waals surface area contributed by atoms with Crippen molar-refractivity contribution in [3.05, 3.63) is 83.2 Å². The van der Waals surface area contributed by atoms with Crippen molar-refractivity contribution < 1.29 is 35.5 Å². The Kier molecular flexibility index (Phi) is 6.11. The van der Waals surface area contributed by atoms with Crippen LogP contribution in [0.15, 0.2) is 65.6 Å². The number of carbonyl (C=O) groups excluding carboxylic acids is 1. The second kappa shape index (κ2) is 8.75. The van der Waals surface area contributed by atoms with Gasteiger partial charge in [0, 0.05) is 5.56 Å². The second-order valence-corrected chi connectivity index (χ2v) is 9.54. The Labute approximate surface area is 193 Å². The highest BCUT2D eigenvalue weighted by atomic mass is 32.2. The summed E-state index contributed by atoms with van der Waals surface area (Å²) in [5, 5.41) is 0. The Morgan fingerprint density at radius 1 is 1.03 bits per heavy atom. The third-order valence-electron chi connectivity index (χ3n) is 5.47. The molecule has 1 N–H and O–H groups in total. The fourth-order valence-corrected chi connectivity index (χ4v) is 5.05. The number of sulfonamides is 1. The third kappa shape index (κ3) is 4.91. The van der Waals surface area contributed by atoms with Gasteiger partial charge in [-0.3, -0.25) is 4.72 Å². The molecule has 0 spiro atoms. The standard InChI is InChI=1S/C24H19F4NO4S/c1-33-23(30)16-7-9-20(14-5-6-14)22(12-16)34(31,32)29-21-13-17(24(26,27)28)8-10-19(21)15-3-2-4-18(25)11-15/h2-4,7-14,29H,5-6H2,1H3. The monoisotopic (exact) mass is 493 g/mol. The topological polar surface area (TPSA) is 72.5 Å². The van der Waals surface area contributed by atoms with E-state index in [0.717, 1.165) is 50.3 Å². The highest BCUT2D eigenvalue weighted by molar-refractivity contribution is 7.92. The van der Waals surface area contributed by atoms with Crippen LogP contribution in [0.5, 0.6) is 0 Å². The van der Waals surface area contributed by atoms with E-state index in [-0.39, 0.29) is 33.2 Å². The number of benzene rings is 3. The Morgan fingerprint density at radius 2 is 1.76 bits per heavy atom. The van der Waals surface area contributed by atoms with E-state index in [2.05, 4.69) is 9.46 Å². The van der Waals surface area contributed by atoms with Crippen molar-refractivity contribution in [1.82, 2.24) is 0 Å². The smallest absolute Gasteiger partial charge is 0.416 e. The van der Waals surface area contributed by atoms with Gasteiger partial charge in [-0.25, -0.2) is 17.6 Å². The van der Waals surface area contributed by atoms with Crippen molar-refractivity contribution in [3.8, 4) is 11.1 Å². The van der Waals surface area contributed by atoms with E-state index in [1.807, 2.05) is 0 Å². The van der Waals surface area contributed by atoms with Crippen molar-refractivity contribution in [2.24, 2.45) is 0 Å². The zero-order chi connectivity index (χ0) is 24.7. The average molecular weight is 493 g/mol. The zero-order valence-corrected chi connectivity index (χ0v) is 18.6. The summed E-state index contributed by atoms with van der Waals surface area (Å²) in [7, 11) is -3.28. The first-order chi connectivity index (χ1) is 16.0. The molecule has 0 atom stereocenters. The van der Waals surface area contributed by atoms with E-state index in [1.54, 1.807) is 0 Å². The van der Waals surface area contributed by atoms with Crippen molar-refractivity contribution >= 4 is 21.7 Å². The number of halogens is 4. The SMILES string of the molecule is COC(=O)c1ccc(C2CC2)c(S(=O)(=O)Nc2cc(C(F)(F)F)ccc2-c2cccc(F)c2)c1. The molecule has 0 saturated heterocycles. The van der Waals surface area contributed by atoms with Gasteiger partial charge in [-0.1, -0.05) is 24.3 Å². The van der Waals surface area contributed by atoms with E-state index in [0.29, 0.717) is 11.6 Å². The number of methoxy groups -OCH3 is 1. The third-order valence-corrected chi connectivity index (χ3v) is 6.89. The summed E-state index contributed by atoms with van der Waals surface area (Å²) in [6.07, 6.45) is -3.24. The molecule has 0 aliphatic heterocycles. The lowest BCUT2D eigenvalue weighted by atomic mass is 10.0. The van der Waals surface area contributed by atoms with Crippen molar-refractivity contribution in [1.29, 1.82) is 0 Å². The number of hydrogen-bond donors (Lipinski definition) is 1. The molecule has 10 heteroatoms. The largest absolute Gasteiger partial charge is 0.465 e. The highest BCUT2D eigenvalue weighted by Gasteiger charge is 2.34. The predicted octanol–water partition coefficient (Wildman–Crippen LogP) is 5.98. The lowest BCUT2D eigenvalue weighted by Gasteiger charge is -2.18. The van der Waals surface area contributed by atoms with E-state index in [9.17, 15) is 30.8 Å². The van der Waals surface area contributed by atoms with Gasteiger partial charge < -0.3 is 4.74 Å². The van der Waals surface area contributed by atoms with Gasteiger partial charge in [0.05, 0.1) is 28.8 Å². The van der Waals surface area contributed by atoms with E-state index in [1.165, 1.54) is 24.3 Å². The summed E-state index contributed by atoms with van der Waals surface area (Å²) in [6, 6.07) is 11.7. The predicted molar refractivity (Wildman–Crippen MR) is 117 cm³/mol. The fraction of sp³-hybridized carbons (Fsp3) is 0.208. The number of carbonyl (C=O) groups is 1. The van der Waals surface area contributed by atoms with Crippen LogP contribution >= 0.6 is 0 Å². The molecule has 0 radical (unpaired) electrons. The Balaban J connectivity index is 1.85. The normalized spacial score (nSPS) is 14.0. The number of rotatable bonds is 6. The summed E-state index contributed by atoms with van der Waals surface area (Å²) < 4.78 is 87.7. The number of nitrogens with one attached hydrogen (secondary N) is 1. The molecular formula is C24H19F4NO4S. The highest BCUT2D eigenvalue weighted by Crippen LogP contribution is 2.44. The molecule has 1 aliphatic carbocycles. The van der Waals surface area contributed by atoms with E-state index < -0.39 is 33.5 Å². The van der Waals surface area contributed by atoms with Crippen LogP contribution in [-0.2, 0) is 20.9 Å². The quantitative estimate of drug-likeness (QED) is 0.339. The summed E-state index contributed by atoms with van der Waals surface area (Å²) in [5.41, 5.74) is -0.742. The molecule has 1 saturated carbocycles. The summed E-state index contributed by atoms with van der Waals surface area (Å²) in [5.74, 6) is -1.42. The minimum atomic E-state index is -4.73. The van der Waals surface area contributed by atoms with Crippen LogP contribution in [0.2, 0.25) is 0 Å². The average Bonchev–Trinajstić information content (AvgIpc) is 3.62. The van der Waals surface area contributed by atoms with Crippen LogP contribution < -0.4 is 4.72 Å². The van der Waals surface area contributed by atoms with Crippen LogP contribution in [0.4, 0.5) is 23.2 Å². The zero-order valence-electron chi connectivity index (χ0n) is 17.8. The second-order valence-electron chi connectivity index (χ2n) is 7.89. The Hall–Kier alpha value is -3.40. The maximum absolute atomic E-state index is 13.8. The molecule has 0 bridgehead atoms. The van der Waals surface area contributed by atoms with Crippen LogP contribution in [0.1, 0.15) is 40.2 Å². The Bertz CT molecular complexity index is 1370. The van der Waals surface area contributed by atoms with Gasteiger partial charge in [0.1, 0.15) is 5.82 Å². The van der Waals surface area contributed by atoms with Gasteiger partial charge >= 0.3 is 12.1 Å². The van der Waals surface area contributed by atoms with Gasteiger partial charge in [-0.15, -0.1) is 0 Å². The van der Waals surface area contributed by atoms with Gasteiger partial charge in [-0.05, 0) is 66.3 Å². The van der Waals surface area contributed by atoms with Crippen LogP contribution in [0, 0.1) is 5.82 Å². The van der Waals surface area contributed by atoms with Crippen molar-refractivity contribution in [2.75, 3.05) is 11.8 Å². The maximum atomic E-state index is 13.8. The molecule has 1 aliphatic rings. The van der Waals surface area contributed by atoms with Crippen LogP contribution in [-0.4, -0.2) is 21.5 Å². The number of alkyl halides is 3. The summed E-state index contributed by atoms with van der Waals surface area (Å²) in [6.45, 7) is 0. The minimum absolute atomic E-state index is 0.0123. The first kappa shape index (κ1) is 23.7. The molecular weight excluding hydrogens is 474 g/mol. The van der Waals surface area contributed by atoms with Gasteiger partial charge in [0.15, 0.2) is 0 Å². The maximum Gasteiger partial charge on any atom is 0.416 e. The van der Waals surface area contributed by atoms with Gasteiger partial charge in [-0.2, -0.15) is 13.2 Å².